The highest BCUT2D eigenvalue weighted by atomic mass is 16.5. The number of aromatic nitrogens is 1. The first kappa shape index (κ1) is 16.9. The molecule has 0 spiro atoms. The monoisotopic (exact) mass is 315 g/mol. The lowest BCUT2D eigenvalue weighted by atomic mass is 10.1. The van der Waals surface area contributed by atoms with Gasteiger partial charge in [0, 0.05) is 13.2 Å². The van der Waals surface area contributed by atoms with Gasteiger partial charge in [-0.05, 0) is 30.5 Å². The lowest BCUT2D eigenvalue weighted by Gasteiger charge is -2.14. The fourth-order valence-corrected chi connectivity index (χ4v) is 2.63. The van der Waals surface area contributed by atoms with Crippen molar-refractivity contribution in [3.05, 3.63) is 41.7 Å². The number of hydrogen-bond acceptors (Lipinski definition) is 3. The van der Waals surface area contributed by atoms with Crippen LogP contribution in [-0.4, -0.2) is 17.1 Å². The Morgan fingerprint density at radius 3 is 2.65 bits per heavy atom. The van der Waals surface area contributed by atoms with E-state index in [0.717, 1.165) is 42.0 Å². The smallest absolute Gasteiger partial charge is 0.267 e. The Morgan fingerprint density at radius 1 is 1.26 bits per heavy atom. The molecule has 3 N–H and O–H groups in total. The normalized spacial score (nSPS) is 10.6. The van der Waals surface area contributed by atoms with Crippen molar-refractivity contribution < 1.29 is 9.53 Å². The van der Waals surface area contributed by atoms with Crippen molar-refractivity contribution in [3.8, 4) is 5.75 Å². The van der Waals surface area contributed by atoms with Gasteiger partial charge in [0.15, 0.2) is 0 Å². The molecule has 0 bridgehead atoms. The summed E-state index contributed by atoms with van der Waals surface area (Å²) in [6.45, 7) is 4.83. The van der Waals surface area contributed by atoms with E-state index < -0.39 is 5.91 Å². The first-order valence-corrected chi connectivity index (χ1v) is 8.05. The fourth-order valence-electron chi connectivity index (χ4n) is 2.63. The van der Waals surface area contributed by atoms with Gasteiger partial charge in [0.2, 0.25) is 0 Å². The summed E-state index contributed by atoms with van der Waals surface area (Å²) in [5.74, 6) is 0.334. The Balaban J connectivity index is 2.41. The van der Waals surface area contributed by atoms with Gasteiger partial charge in [0.05, 0.1) is 18.0 Å². The minimum atomic E-state index is -0.440. The molecule has 0 unspecified atom stereocenters. The summed E-state index contributed by atoms with van der Waals surface area (Å²) in [7, 11) is 1.84. The zero-order valence-electron chi connectivity index (χ0n) is 14.1. The van der Waals surface area contributed by atoms with Crippen molar-refractivity contribution in [1.82, 2.24) is 4.57 Å². The van der Waals surface area contributed by atoms with Gasteiger partial charge in [0.25, 0.3) is 5.91 Å². The van der Waals surface area contributed by atoms with Crippen LogP contribution in [0.3, 0.4) is 0 Å². The second kappa shape index (κ2) is 7.72. The highest BCUT2D eigenvalue weighted by Crippen LogP contribution is 2.32. The molecule has 124 valence electrons. The Hall–Kier alpha value is -2.43. The lowest BCUT2D eigenvalue weighted by Crippen LogP contribution is -2.17. The molecule has 1 aromatic heterocycles. The van der Waals surface area contributed by atoms with E-state index in [4.69, 9.17) is 10.5 Å². The third-order valence-corrected chi connectivity index (χ3v) is 3.62. The van der Waals surface area contributed by atoms with Crippen LogP contribution < -0.4 is 15.8 Å². The first-order valence-electron chi connectivity index (χ1n) is 8.05. The van der Waals surface area contributed by atoms with Crippen LogP contribution in [0.2, 0.25) is 0 Å². The quantitative estimate of drug-likeness (QED) is 0.782. The summed E-state index contributed by atoms with van der Waals surface area (Å²) in [5, 5.41) is 3.36. The number of benzene rings is 1. The van der Waals surface area contributed by atoms with Crippen LogP contribution in [0.25, 0.3) is 0 Å². The van der Waals surface area contributed by atoms with Crippen LogP contribution in [0.5, 0.6) is 5.75 Å². The number of carbonyl (C=O) groups is 1. The van der Waals surface area contributed by atoms with E-state index in [1.807, 2.05) is 37.5 Å². The standard InChI is InChI=1S/C18H25N3O2/c1-4-8-13-12-21(3)17(18(19)22)16(13)20-14-9-6-7-10-15(14)23-11-5-2/h6-7,9-10,12,20H,4-5,8,11H2,1-3H3,(H2,19,22). The molecule has 0 aliphatic heterocycles. The molecule has 0 aliphatic carbocycles. The number of rotatable bonds is 8. The number of aryl methyl sites for hydroxylation is 2. The third-order valence-electron chi connectivity index (χ3n) is 3.62. The van der Waals surface area contributed by atoms with E-state index >= 15 is 0 Å². The van der Waals surface area contributed by atoms with Gasteiger partial charge >= 0.3 is 0 Å². The van der Waals surface area contributed by atoms with Crippen LogP contribution in [0.15, 0.2) is 30.5 Å². The molecule has 2 aromatic rings. The van der Waals surface area contributed by atoms with Crippen molar-refractivity contribution in [1.29, 1.82) is 0 Å². The van der Waals surface area contributed by atoms with E-state index in [1.54, 1.807) is 4.57 Å². The largest absolute Gasteiger partial charge is 0.491 e. The molecule has 0 radical (unpaired) electrons. The van der Waals surface area contributed by atoms with E-state index in [9.17, 15) is 4.79 Å². The summed E-state index contributed by atoms with van der Waals surface area (Å²) in [6.07, 6.45) is 4.76. The molecular weight excluding hydrogens is 290 g/mol. The Kier molecular flexibility index (Phi) is 5.68. The van der Waals surface area contributed by atoms with Gasteiger partial charge in [-0.1, -0.05) is 32.4 Å². The zero-order valence-corrected chi connectivity index (χ0v) is 14.1. The third kappa shape index (κ3) is 3.86. The number of nitrogens with two attached hydrogens (primary N) is 1. The molecule has 5 nitrogen and oxygen atoms in total. The van der Waals surface area contributed by atoms with Gasteiger partial charge < -0.3 is 20.4 Å². The predicted molar refractivity (Wildman–Crippen MR) is 93.4 cm³/mol. The molecule has 0 fully saturated rings. The lowest BCUT2D eigenvalue weighted by molar-refractivity contribution is 0.0993. The Bertz CT molecular complexity index is 677. The van der Waals surface area contributed by atoms with E-state index in [1.165, 1.54) is 0 Å². The zero-order chi connectivity index (χ0) is 16.8. The molecule has 0 atom stereocenters. The summed E-state index contributed by atoms with van der Waals surface area (Å²) in [6, 6.07) is 7.74. The number of para-hydroxylation sites is 2. The molecule has 1 aromatic carbocycles. The van der Waals surface area contributed by atoms with Crippen molar-refractivity contribution in [2.75, 3.05) is 11.9 Å². The Labute approximate surface area is 137 Å². The van der Waals surface area contributed by atoms with Crippen LogP contribution in [0, 0.1) is 0 Å². The molecule has 23 heavy (non-hydrogen) atoms. The van der Waals surface area contributed by atoms with E-state index in [0.29, 0.717) is 12.3 Å². The molecule has 1 heterocycles. The molecule has 0 saturated heterocycles. The molecule has 0 aliphatic rings. The topological polar surface area (TPSA) is 69.3 Å². The van der Waals surface area contributed by atoms with E-state index in [2.05, 4.69) is 19.2 Å². The minimum absolute atomic E-state index is 0.440. The van der Waals surface area contributed by atoms with Gasteiger partial charge in [-0.3, -0.25) is 4.79 Å². The van der Waals surface area contributed by atoms with Crippen molar-refractivity contribution in [2.24, 2.45) is 12.8 Å². The van der Waals surface area contributed by atoms with Gasteiger partial charge in [-0.15, -0.1) is 0 Å². The minimum Gasteiger partial charge on any atom is -0.491 e. The number of ether oxygens (including phenoxy) is 1. The number of amides is 1. The molecule has 2 rings (SSSR count). The van der Waals surface area contributed by atoms with Crippen molar-refractivity contribution in [2.45, 2.75) is 33.1 Å². The molecule has 1 amide bonds. The van der Waals surface area contributed by atoms with Crippen LogP contribution >= 0.6 is 0 Å². The van der Waals surface area contributed by atoms with Crippen LogP contribution in [-0.2, 0) is 13.5 Å². The number of nitrogens with one attached hydrogen (secondary N) is 1. The molecule has 5 heteroatoms. The van der Waals surface area contributed by atoms with Crippen LogP contribution in [0.1, 0.15) is 42.7 Å². The number of anilines is 2. The summed E-state index contributed by atoms with van der Waals surface area (Å²) >= 11 is 0. The van der Waals surface area contributed by atoms with Crippen molar-refractivity contribution >= 4 is 17.3 Å². The van der Waals surface area contributed by atoms with Crippen LogP contribution in [0.4, 0.5) is 11.4 Å². The molecular formula is C18H25N3O2. The highest BCUT2D eigenvalue weighted by Gasteiger charge is 2.19. The fraction of sp³-hybridized carbons (Fsp3) is 0.389. The van der Waals surface area contributed by atoms with Crippen molar-refractivity contribution in [3.63, 3.8) is 0 Å². The molecule has 0 saturated carbocycles. The van der Waals surface area contributed by atoms with Gasteiger partial charge in [-0.25, -0.2) is 0 Å². The van der Waals surface area contributed by atoms with Gasteiger partial charge in [0.1, 0.15) is 11.4 Å². The maximum absolute atomic E-state index is 11.8. The number of hydrogen-bond donors (Lipinski definition) is 2. The Morgan fingerprint density at radius 2 is 2.00 bits per heavy atom. The SMILES string of the molecule is CCCOc1ccccc1Nc1c(CCC)cn(C)c1C(N)=O. The maximum atomic E-state index is 11.8. The first-order chi connectivity index (χ1) is 11.1. The predicted octanol–water partition coefficient (Wildman–Crippen LogP) is 3.61. The average Bonchev–Trinajstić information content (AvgIpc) is 2.82. The summed E-state index contributed by atoms with van der Waals surface area (Å²) in [5.41, 5.74) is 8.74. The second-order valence-electron chi connectivity index (χ2n) is 5.57. The highest BCUT2D eigenvalue weighted by molar-refractivity contribution is 5.99. The summed E-state index contributed by atoms with van der Waals surface area (Å²) < 4.78 is 7.56. The number of carbonyl (C=O) groups excluding carboxylic acids is 1. The second-order valence-corrected chi connectivity index (χ2v) is 5.57. The van der Waals surface area contributed by atoms with Gasteiger partial charge in [-0.2, -0.15) is 0 Å². The summed E-state index contributed by atoms with van der Waals surface area (Å²) in [4.78, 5) is 11.8. The maximum Gasteiger partial charge on any atom is 0.267 e. The number of nitrogens with zero attached hydrogens (tertiary/aromatic N) is 1. The van der Waals surface area contributed by atoms with E-state index in [-0.39, 0.29) is 0 Å². The average molecular weight is 315 g/mol. The number of primary amides is 1.